The molecule has 4 heteroatoms. The second kappa shape index (κ2) is 7.02. The Kier molecular flexibility index (Phi) is 5.33. The van der Waals surface area contributed by atoms with Crippen LogP contribution in [-0.2, 0) is 0 Å². The summed E-state index contributed by atoms with van der Waals surface area (Å²) in [6.07, 6.45) is 5.77. The molecule has 0 bridgehead atoms. The third kappa shape index (κ3) is 3.61. The maximum atomic E-state index is 12.4. The van der Waals surface area contributed by atoms with E-state index in [-0.39, 0.29) is 10.7 Å². The zero-order valence-corrected chi connectivity index (χ0v) is 13.5. The minimum Gasteiger partial charge on any atom is -0.351 e. The standard InChI is InChI=1S/C17H22N2OS/c1-13-14(7-4-11-18)6-3-8-15(13)16(20)19-12-17(21-2)9-5-10-17/h3,6,8H,5,9-12,18H2,1-2H3,(H,19,20). The van der Waals surface area contributed by atoms with Crippen molar-refractivity contribution in [3.05, 3.63) is 34.9 Å². The van der Waals surface area contributed by atoms with Crippen LogP contribution < -0.4 is 11.1 Å². The molecular formula is C17H22N2OS. The third-order valence-corrected chi connectivity index (χ3v) is 5.59. The lowest BCUT2D eigenvalue weighted by Crippen LogP contribution is -2.45. The Balaban J connectivity index is 2.09. The molecule has 0 aromatic heterocycles. The molecule has 0 atom stereocenters. The van der Waals surface area contributed by atoms with Crippen LogP contribution in [0.1, 0.15) is 40.7 Å². The number of hydrogen-bond donors (Lipinski definition) is 2. The first-order valence-electron chi connectivity index (χ1n) is 7.24. The monoisotopic (exact) mass is 302 g/mol. The SMILES string of the molecule is CSC1(CNC(=O)c2cccc(C#CCN)c2C)CCC1. The summed E-state index contributed by atoms with van der Waals surface area (Å²) < 4.78 is 0.251. The summed E-state index contributed by atoms with van der Waals surface area (Å²) in [5.74, 6) is 5.84. The summed E-state index contributed by atoms with van der Waals surface area (Å²) >= 11 is 1.86. The van der Waals surface area contributed by atoms with Crippen LogP contribution >= 0.6 is 11.8 Å². The van der Waals surface area contributed by atoms with Crippen LogP contribution in [0, 0.1) is 18.8 Å². The number of hydrogen-bond acceptors (Lipinski definition) is 3. The Morgan fingerprint density at radius 1 is 1.48 bits per heavy atom. The van der Waals surface area contributed by atoms with Gasteiger partial charge in [0.2, 0.25) is 0 Å². The van der Waals surface area contributed by atoms with E-state index in [9.17, 15) is 4.79 Å². The summed E-state index contributed by atoms with van der Waals surface area (Å²) in [5.41, 5.74) is 7.90. The van der Waals surface area contributed by atoms with E-state index >= 15 is 0 Å². The lowest BCUT2D eigenvalue weighted by atomic mass is 9.84. The van der Waals surface area contributed by atoms with Crippen LogP contribution in [0.2, 0.25) is 0 Å². The molecule has 1 amide bonds. The van der Waals surface area contributed by atoms with Crippen LogP contribution in [0.3, 0.4) is 0 Å². The van der Waals surface area contributed by atoms with E-state index in [1.165, 1.54) is 19.3 Å². The summed E-state index contributed by atoms with van der Waals surface area (Å²) in [6, 6.07) is 5.64. The van der Waals surface area contributed by atoms with E-state index in [1.807, 2.05) is 36.9 Å². The van der Waals surface area contributed by atoms with Crippen LogP contribution in [0.4, 0.5) is 0 Å². The van der Waals surface area contributed by atoms with Crippen molar-refractivity contribution >= 4 is 17.7 Å². The molecule has 1 aliphatic rings. The van der Waals surface area contributed by atoms with Crippen molar-refractivity contribution in [3.8, 4) is 11.8 Å². The van der Waals surface area contributed by atoms with Crippen LogP contribution in [0.25, 0.3) is 0 Å². The number of benzene rings is 1. The third-order valence-electron chi connectivity index (χ3n) is 4.17. The maximum absolute atomic E-state index is 12.4. The summed E-state index contributed by atoms with van der Waals surface area (Å²) in [5, 5.41) is 3.08. The number of nitrogens with two attached hydrogens (primary N) is 1. The van der Waals surface area contributed by atoms with Gasteiger partial charge in [0.05, 0.1) is 6.54 Å². The molecule has 1 aromatic carbocycles. The van der Waals surface area contributed by atoms with Gasteiger partial charge in [-0.2, -0.15) is 11.8 Å². The molecule has 1 aliphatic carbocycles. The zero-order chi connectivity index (χ0) is 15.3. The van der Waals surface area contributed by atoms with Crippen molar-refractivity contribution in [2.45, 2.75) is 30.9 Å². The van der Waals surface area contributed by atoms with Crippen molar-refractivity contribution in [2.24, 2.45) is 5.73 Å². The van der Waals surface area contributed by atoms with Crippen molar-refractivity contribution in [3.63, 3.8) is 0 Å². The van der Waals surface area contributed by atoms with Gasteiger partial charge < -0.3 is 11.1 Å². The van der Waals surface area contributed by atoms with Crippen LogP contribution in [0.15, 0.2) is 18.2 Å². The lowest BCUT2D eigenvalue weighted by Gasteiger charge is -2.40. The molecule has 1 saturated carbocycles. The fraction of sp³-hybridized carbons (Fsp3) is 0.471. The minimum atomic E-state index is -0.00998. The lowest BCUT2D eigenvalue weighted by molar-refractivity contribution is 0.0943. The second-order valence-corrected chi connectivity index (χ2v) is 6.68. The summed E-state index contributed by atoms with van der Waals surface area (Å²) in [6.45, 7) is 3.00. The number of thioether (sulfide) groups is 1. The molecule has 0 spiro atoms. The largest absolute Gasteiger partial charge is 0.351 e. The van der Waals surface area contributed by atoms with Gasteiger partial charge in [0.25, 0.3) is 5.91 Å². The molecule has 3 N–H and O–H groups in total. The van der Waals surface area contributed by atoms with E-state index < -0.39 is 0 Å². The maximum Gasteiger partial charge on any atom is 0.251 e. The highest BCUT2D eigenvalue weighted by molar-refractivity contribution is 8.00. The van der Waals surface area contributed by atoms with Crippen molar-refractivity contribution in [2.75, 3.05) is 19.3 Å². The average molecular weight is 302 g/mol. The molecule has 0 radical (unpaired) electrons. The van der Waals surface area contributed by atoms with Gasteiger partial charge in [0, 0.05) is 22.4 Å². The molecule has 0 aliphatic heterocycles. The fourth-order valence-corrected chi connectivity index (χ4v) is 3.44. The van der Waals surface area contributed by atoms with E-state index in [0.717, 1.165) is 17.7 Å². The molecule has 0 unspecified atom stereocenters. The summed E-state index contributed by atoms with van der Waals surface area (Å²) in [7, 11) is 0. The Bertz CT molecular complexity index is 577. The van der Waals surface area contributed by atoms with E-state index in [0.29, 0.717) is 12.1 Å². The molecule has 2 rings (SSSR count). The highest BCUT2D eigenvalue weighted by atomic mass is 32.2. The van der Waals surface area contributed by atoms with Gasteiger partial charge in [-0.05, 0) is 43.7 Å². The predicted octanol–water partition coefficient (Wildman–Crippen LogP) is 2.32. The van der Waals surface area contributed by atoms with Gasteiger partial charge in [-0.15, -0.1) is 0 Å². The van der Waals surface area contributed by atoms with Crippen LogP contribution in [0.5, 0.6) is 0 Å². The van der Waals surface area contributed by atoms with Gasteiger partial charge in [-0.1, -0.05) is 24.3 Å². The first-order valence-corrected chi connectivity index (χ1v) is 8.46. The molecule has 1 fully saturated rings. The number of amides is 1. The van der Waals surface area contributed by atoms with Crippen molar-refractivity contribution < 1.29 is 4.79 Å². The number of nitrogens with one attached hydrogen (secondary N) is 1. The molecule has 21 heavy (non-hydrogen) atoms. The Morgan fingerprint density at radius 3 is 2.81 bits per heavy atom. The van der Waals surface area contributed by atoms with Gasteiger partial charge in [0.15, 0.2) is 0 Å². The first kappa shape index (κ1) is 15.9. The molecule has 0 heterocycles. The normalized spacial score (nSPS) is 15.6. The molecule has 0 saturated heterocycles. The fourth-order valence-electron chi connectivity index (χ4n) is 2.52. The Hall–Kier alpha value is -1.44. The second-order valence-electron chi connectivity index (χ2n) is 5.41. The van der Waals surface area contributed by atoms with E-state index in [1.54, 1.807) is 0 Å². The van der Waals surface area contributed by atoms with Gasteiger partial charge in [0.1, 0.15) is 0 Å². The average Bonchev–Trinajstić information content (AvgIpc) is 2.45. The minimum absolute atomic E-state index is 0.00998. The quantitative estimate of drug-likeness (QED) is 0.839. The smallest absolute Gasteiger partial charge is 0.251 e. The predicted molar refractivity (Wildman–Crippen MR) is 89.5 cm³/mol. The van der Waals surface area contributed by atoms with Crippen molar-refractivity contribution in [1.82, 2.24) is 5.32 Å². The van der Waals surface area contributed by atoms with E-state index in [2.05, 4.69) is 23.4 Å². The summed E-state index contributed by atoms with van der Waals surface area (Å²) in [4.78, 5) is 12.4. The topological polar surface area (TPSA) is 55.1 Å². The molecule has 112 valence electrons. The number of carbonyl (C=O) groups is 1. The van der Waals surface area contributed by atoms with Gasteiger partial charge in [-0.3, -0.25) is 4.79 Å². The van der Waals surface area contributed by atoms with Crippen LogP contribution in [-0.4, -0.2) is 30.0 Å². The molecule has 3 nitrogen and oxygen atoms in total. The van der Waals surface area contributed by atoms with E-state index in [4.69, 9.17) is 5.73 Å². The number of rotatable bonds is 4. The zero-order valence-electron chi connectivity index (χ0n) is 12.7. The first-order chi connectivity index (χ1) is 10.1. The molecular weight excluding hydrogens is 280 g/mol. The highest BCUT2D eigenvalue weighted by Gasteiger charge is 2.36. The Labute approximate surface area is 131 Å². The molecule has 1 aromatic rings. The number of carbonyl (C=O) groups excluding carboxylic acids is 1. The van der Waals surface area contributed by atoms with Crippen molar-refractivity contribution in [1.29, 1.82) is 0 Å². The van der Waals surface area contributed by atoms with Gasteiger partial charge >= 0.3 is 0 Å². The highest BCUT2D eigenvalue weighted by Crippen LogP contribution is 2.42. The Morgan fingerprint density at radius 2 is 2.24 bits per heavy atom. The van der Waals surface area contributed by atoms with Gasteiger partial charge in [-0.25, -0.2) is 0 Å².